The molecular formula is C47H88N2O12. The van der Waals surface area contributed by atoms with E-state index in [9.17, 15) is 39.6 Å². The molecule has 1 rings (SSSR count). The highest BCUT2D eigenvalue weighted by Gasteiger charge is 2.44. The van der Waals surface area contributed by atoms with Gasteiger partial charge in [-0.05, 0) is 19.3 Å². The second-order valence-electron chi connectivity index (χ2n) is 17.1. The van der Waals surface area contributed by atoms with Crippen molar-refractivity contribution in [2.45, 2.75) is 256 Å². The van der Waals surface area contributed by atoms with Gasteiger partial charge in [0, 0.05) is 19.3 Å². The van der Waals surface area contributed by atoms with Crippen LogP contribution in [0.2, 0.25) is 0 Å². The number of carbonyl (C=O) groups is 4. The van der Waals surface area contributed by atoms with Gasteiger partial charge in [-0.3, -0.25) is 14.4 Å². The second kappa shape index (κ2) is 39.2. The van der Waals surface area contributed by atoms with E-state index in [0.717, 1.165) is 38.5 Å². The molecule has 14 heteroatoms. The highest BCUT2D eigenvalue weighted by atomic mass is 16.8. The molecule has 14 nitrogen and oxygen atoms in total. The third-order valence-corrected chi connectivity index (χ3v) is 11.5. The van der Waals surface area contributed by atoms with E-state index in [-0.39, 0.29) is 32.3 Å². The number of aliphatic hydroxyl groups is 4. The van der Waals surface area contributed by atoms with Gasteiger partial charge in [0.1, 0.15) is 30.5 Å². The summed E-state index contributed by atoms with van der Waals surface area (Å²) in [6, 6.07) is -1.11. The maximum Gasteiger partial charge on any atom is 0.328 e. The molecule has 1 saturated heterocycles. The van der Waals surface area contributed by atoms with Crippen LogP contribution in [0.5, 0.6) is 0 Å². The molecule has 0 saturated carbocycles. The van der Waals surface area contributed by atoms with Gasteiger partial charge >= 0.3 is 11.9 Å². The molecule has 358 valence electrons. The van der Waals surface area contributed by atoms with Crippen LogP contribution in [0.1, 0.15) is 219 Å². The van der Waals surface area contributed by atoms with E-state index in [1.807, 2.05) is 5.48 Å². The highest BCUT2D eigenvalue weighted by molar-refractivity contribution is 5.87. The molecule has 1 heterocycles. The third kappa shape index (κ3) is 30.4. The number of aliphatic hydroxyl groups excluding tert-OH is 4. The number of unbranched alkanes of at least 4 members (excludes halogenated alkanes) is 26. The van der Waals surface area contributed by atoms with Crippen LogP contribution < -0.4 is 10.8 Å². The van der Waals surface area contributed by atoms with Crippen LogP contribution in [0, 0.1) is 0 Å². The Morgan fingerprint density at radius 3 is 1.38 bits per heavy atom. The minimum Gasteiger partial charge on any atom is -0.466 e. The Kier molecular flexibility index (Phi) is 36.5. The van der Waals surface area contributed by atoms with Crippen LogP contribution in [0.3, 0.4) is 0 Å². The van der Waals surface area contributed by atoms with Crippen LogP contribution >= 0.6 is 0 Å². The first-order chi connectivity index (χ1) is 29.6. The molecule has 0 aromatic carbocycles. The van der Waals surface area contributed by atoms with Crippen molar-refractivity contribution in [3.63, 3.8) is 0 Å². The number of ether oxygens (including phenoxy) is 3. The van der Waals surface area contributed by atoms with Crippen LogP contribution in [0.4, 0.5) is 0 Å². The van der Waals surface area contributed by atoms with Crippen molar-refractivity contribution < 1.29 is 58.7 Å². The first-order valence-electron chi connectivity index (χ1n) is 24.5. The van der Waals surface area contributed by atoms with E-state index >= 15 is 0 Å². The van der Waals surface area contributed by atoms with Gasteiger partial charge in [-0.15, -0.1) is 0 Å². The zero-order valence-corrected chi connectivity index (χ0v) is 38.3. The average Bonchev–Trinajstić information content (AvgIpc) is 3.25. The maximum atomic E-state index is 13.1. The number of carbonyl (C=O) groups excluding carboxylic acids is 4. The Balaban J connectivity index is 2.41. The lowest BCUT2D eigenvalue weighted by atomic mass is 9.99. The normalized spacial score (nSPS) is 19.3. The molecule has 61 heavy (non-hydrogen) atoms. The zero-order valence-electron chi connectivity index (χ0n) is 38.3. The van der Waals surface area contributed by atoms with Gasteiger partial charge in [0.2, 0.25) is 18.1 Å². The predicted molar refractivity (Wildman–Crippen MR) is 236 cm³/mol. The van der Waals surface area contributed by atoms with Gasteiger partial charge in [-0.1, -0.05) is 181 Å². The van der Waals surface area contributed by atoms with Crippen molar-refractivity contribution in [2.24, 2.45) is 0 Å². The standard InChI is InChI=1S/C47H88N2O12/c1-3-5-7-9-11-13-15-17-19-21-23-25-27-29-35-58-42(53)34-31-38(46(57)59-36-30-28-26-24-22-20-18-16-14-12-10-8-6-4-2)48-40(51)32-33-41(52)49-61-47-45(56)44(55)43(54)39(37-50)60-47/h38-39,43-45,47,50,54-56H,3-37H2,1-2H3,(H,48,51)(H,49,52)/t38-,39+,43+,44-,45+,47-/m0/s1. The Bertz CT molecular complexity index is 1100. The van der Waals surface area contributed by atoms with Gasteiger partial charge < -0.3 is 40.0 Å². The molecule has 6 N–H and O–H groups in total. The Morgan fingerprint density at radius 1 is 0.525 bits per heavy atom. The number of nitrogens with one attached hydrogen (secondary N) is 2. The van der Waals surface area contributed by atoms with Crippen LogP contribution in [-0.2, 0) is 38.2 Å². The Morgan fingerprint density at radius 2 is 0.934 bits per heavy atom. The van der Waals surface area contributed by atoms with E-state index in [2.05, 4.69) is 19.2 Å². The van der Waals surface area contributed by atoms with Crippen molar-refractivity contribution in [1.29, 1.82) is 0 Å². The van der Waals surface area contributed by atoms with Crippen LogP contribution in [0.25, 0.3) is 0 Å². The van der Waals surface area contributed by atoms with Crippen molar-refractivity contribution in [2.75, 3.05) is 19.8 Å². The molecular weight excluding hydrogens is 785 g/mol. The molecule has 1 fully saturated rings. The van der Waals surface area contributed by atoms with Crippen LogP contribution in [0.15, 0.2) is 0 Å². The number of esters is 2. The molecule has 2 amide bonds. The summed E-state index contributed by atoms with van der Waals surface area (Å²) in [5.74, 6) is -2.51. The average molecular weight is 873 g/mol. The van der Waals surface area contributed by atoms with Crippen molar-refractivity contribution in [3.05, 3.63) is 0 Å². The molecule has 1 aliphatic rings. The minimum atomic E-state index is -1.72. The predicted octanol–water partition coefficient (Wildman–Crippen LogP) is 7.93. The summed E-state index contributed by atoms with van der Waals surface area (Å²) in [4.78, 5) is 56.0. The third-order valence-electron chi connectivity index (χ3n) is 11.5. The topological polar surface area (TPSA) is 210 Å². The number of rotatable bonds is 41. The summed E-state index contributed by atoms with van der Waals surface area (Å²) >= 11 is 0. The highest BCUT2D eigenvalue weighted by Crippen LogP contribution is 2.21. The van der Waals surface area contributed by atoms with Gasteiger partial charge in [-0.25, -0.2) is 15.1 Å². The van der Waals surface area contributed by atoms with Crippen LogP contribution in [-0.4, -0.2) is 101 Å². The van der Waals surface area contributed by atoms with Gasteiger partial charge in [-0.2, -0.15) is 0 Å². The molecule has 0 unspecified atom stereocenters. The van der Waals surface area contributed by atoms with E-state index < -0.39 is 67.1 Å². The summed E-state index contributed by atoms with van der Waals surface area (Å²) in [5, 5.41) is 41.8. The number of hydrogen-bond acceptors (Lipinski definition) is 12. The quantitative estimate of drug-likeness (QED) is 0.0197. The maximum absolute atomic E-state index is 13.1. The molecule has 0 spiro atoms. The Labute approximate surface area is 368 Å². The Hall–Kier alpha value is -2.36. The molecule has 0 radical (unpaired) electrons. The lowest BCUT2D eigenvalue weighted by molar-refractivity contribution is -0.313. The van der Waals surface area contributed by atoms with Crippen molar-refractivity contribution in [1.82, 2.24) is 10.8 Å². The van der Waals surface area contributed by atoms with Gasteiger partial charge in [0.25, 0.3) is 0 Å². The fraction of sp³-hybridized carbons (Fsp3) is 0.915. The first-order valence-corrected chi connectivity index (χ1v) is 24.5. The summed E-state index contributed by atoms with van der Waals surface area (Å²) in [6.45, 7) is 4.32. The van der Waals surface area contributed by atoms with Gasteiger partial charge in [0.15, 0.2) is 0 Å². The SMILES string of the molecule is CCCCCCCCCCCCCCCCOC(=O)CC[C@H](NC(=O)CCC(=O)NO[C@@H]1O[C@H](CO)[C@@H](O)[C@H](O)[C@H]1O)C(=O)OCCCCCCCCCCCCCCCC. The fourth-order valence-corrected chi connectivity index (χ4v) is 7.47. The molecule has 1 aliphatic heterocycles. The number of hydrogen-bond donors (Lipinski definition) is 6. The summed E-state index contributed by atoms with van der Waals surface area (Å²) in [7, 11) is 0. The molecule has 0 aliphatic carbocycles. The smallest absolute Gasteiger partial charge is 0.328 e. The van der Waals surface area contributed by atoms with Gasteiger partial charge in [0.05, 0.1) is 19.8 Å². The zero-order chi connectivity index (χ0) is 44.8. The minimum absolute atomic E-state index is 0.0205. The first kappa shape index (κ1) is 56.7. The summed E-state index contributed by atoms with van der Waals surface area (Å²) < 4.78 is 16.1. The van der Waals surface area contributed by atoms with E-state index in [1.54, 1.807) is 0 Å². The fourth-order valence-electron chi connectivity index (χ4n) is 7.47. The monoisotopic (exact) mass is 873 g/mol. The van der Waals surface area contributed by atoms with Crippen molar-refractivity contribution in [3.8, 4) is 0 Å². The van der Waals surface area contributed by atoms with Crippen molar-refractivity contribution >= 4 is 23.8 Å². The largest absolute Gasteiger partial charge is 0.466 e. The molecule has 0 aromatic heterocycles. The van der Waals surface area contributed by atoms with E-state index in [0.29, 0.717) is 13.0 Å². The lowest BCUT2D eigenvalue weighted by Gasteiger charge is -2.39. The summed E-state index contributed by atoms with van der Waals surface area (Å²) in [6.07, 6.45) is 25.5. The number of hydroxylamine groups is 1. The van der Waals surface area contributed by atoms with E-state index in [4.69, 9.17) is 19.0 Å². The second-order valence-corrected chi connectivity index (χ2v) is 17.1. The summed E-state index contributed by atoms with van der Waals surface area (Å²) in [5.41, 5.74) is 2.03. The number of amides is 2. The lowest BCUT2D eigenvalue weighted by Crippen LogP contribution is -2.60. The molecule has 6 atom stereocenters. The molecule has 0 aromatic rings. The molecule has 0 bridgehead atoms. The van der Waals surface area contributed by atoms with E-state index in [1.165, 1.54) is 135 Å².